The van der Waals surface area contributed by atoms with E-state index in [0.717, 1.165) is 13.1 Å². The number of likely N-dealkylation sites (N-methyl/N-ethyl adjacent to an activating group) is 1. The lowest BCUT2D eigenvalue weighted by Crippen LogP contribution is -2.37. The third kappa shape index (κ3) is 4.62. The molecule has 2 unspecified atom stereocenters. The van der Waals surface area contributed by atoms with E-state index in [1.165, 1.54) is 12.8 Å². The smallest absolute Gasteiger partial charge is 0.248 e. The highest BCUT2D eigenvalue weighted by atomic mass is 16.5. The molecule has 0 aliphatic carbocycles. The van der Waals surface area contributed by atoms with Gasteiger partial charge in [-0.15, -0.1) is 0 Å². The number of ether oxygens (including phenoxy) is 1. The van der Waals surface area contributed by atoms with E-state index in [9.17, 15) is 4.79 Å². The molecule has 1 saturated heterocycles. The van der Waals surface area contributed by atoms with Crippen LogP contribution in [0.25, 0.3) is 0 Å². The van der Waals surface area contributed by atoms with E-state index < -0.39 is 0 Å². The van der Waals surface area contributed by atoms with Gasteiger partial charge in [-0.05, 0) is 39.2 Å². The highest BCUT2D eigenvalue weighted by Gasteiger charge is 2.17. The van der Waals surface area contributed by atoms with Gasteiger partial charge in [-0.25, -0.2) is 0 Å². The van der Waals surface area contributed by atoms with Crippen LogP contribution >= 0.6 is 0 Å². The molecule has 0 aromatic carbocycles. The summed E-state index contributed by atoms with van der Waals surface area (Å²) in [7, 11) is 0. The second kappa shape index (κ2) is 6.80. The zero-order chi connectivity index (χ0) is 11.1. The molecule has 0 aromatic rings. The Balaban J connectivity index is 2.14. The summed E-state index contributed by atoms with van der Waals surface area (Å²) in [6, 6.07) is 0. The molecule has 0 saturated carbocycles. The van der Waals surface area contributed by atoms with Gasteiger partial charge >= 0.3 is 0 Å². The van der Waals surface area contributed by atoms with Crippen molar-refractivity contribution in [3.63, 3.8) is 0 Å². The van der Waals surface area contributed by atoms with Crippen LogP contribution in [0.2, 0.25) is 0 Å². The lowest BCUT2D eigenvalue weighted by molar-refractivity contribution is -0.132. The molecule has 0 bridgehead atoms. The van der Waals surface area contributed by atoms with Crippen LogP contribution in [0.3, 0.4) is 0 Å². The molecule has 88 valence electrons. The van der Waals surface area contributed by atoms with Crippen molar-refractivity contribution >= 4 is 5.91 Å². The van der Waals surface area contributed by atoms with E-state index in [1.54, 1.807) is 6.92 Å². The average Bonchev–Trinajstić information content (AvgIpc) is 2.27. The van der Waals surface area contributed by atoms with Crippen LogP contribution in [0.4, 0.5) is 0 Å². The van der Waals surface area contributed by atoms with Gasteiger partial charge in [0.25, 0.3) is 0 Å². The van der Waals surface area contributed by atoms with E-state index in [2.05, 4.69) is 10.6 Å². The minimum atomic E-state index is -0.327. The molecule has 4 nitrogen and oxygen atoms in total. The fourth-order valence-corrected chi connectivity index (χ4v) is 1.74. The minimum Gasteiger partial charge on any atom is -0.368 e. The summed E-state index contributed by atoms with van der Waals surface area (Å²) in [4.78, 5) is 11.4. The number of carbonyl (C=O) groups is 1. The molecule has 1 aliphatic heterocycles. The first-order valence-electron chi connectivity index (χ1n) is 5.84. The van der Waals surface area contributed by atoms with Crippen molar-refractivity contribution in [3.05, 3.63) is 0 Å². The molecule has 0 radical (unpaired) electrons. The van der Waals surface area contributed by atoms with Crippen molar-refractivity contribution in [1.82, 2.24) is 10.6 Å². The maximum absolute atomic E-state index is 11.4. The van der Waals surface area contributed by atoms with Crippen molar-refractivity contribution in [2.75, 3.05) is 26.2 Å². The summed E-state index contributed by atoms with van der Waals surface area (Å²) in [6.45, 7) is 7.20. The molecular weight excluding hydrogens is 192 g/mol. The van der Waals surface area contributed by atoms with Crippen molar-refractivity contribution in [3.8, 4) is 0 Å². The zero-order valence-corrected chi connectivity index (χ0v) is 9.71. The van der Waals surface area contributed by atoms with Gasteiger partial charge in [0.05, 0.1) is 6.61 Å². The van der Waals surface area contributed by atoms with Gasteiger partial charge in [-0.2, -0.15) is 0 Å². The Hall–Kier alpha value is -0.610. The van der Waals surface area contributed by atoms with Gasteiger partial charge in [0, 0.05) is 13.1 Å². The predicted molar refractivity (Wildman–Crippen MR) is 59.7 cm³/mol. The van der Waals surface area contributed by atoms with Crippen LogP contribution < -0.4 is 10.6 Å². The van der Waals surface area contributed by atoms with Crippen molar-refractivity contribution in [2.45, 2.75) is 32.8 Å². The number of hydrogen-bond acceptors (Lipinski definition) is 3. The van der Waals surface area contributed by atoms with Crippen LogP contribution in [0.15, 0.2) is 0 Å². The number of carbonyl (C=O) groups excluding carboxylic acids is 1. The monoisotopic (exact) mass is 214 g/mol. The molecular formula is C11H22N2O2. The van der Waals surface area contributed by atoms with Gasteiger partial charge in [-0.1, -0.05) is 0 Å². The summed E-state index contributed by atoms with van der Waals surface area (Å²) in [5.41, 5.74) is 0. The normalized spacial score (nSPS) is 23.5. The van der Waals surface area contributed by atoms with Gasteiger partial charge in [0.1, 0.15) is 6.10 Å². The maximum atomic E-state index is 11.4. The zero-order valence-electron chi connectivity index (χ0n) is 9.71. The Labute approximate surface area is 91.8 Å². The van der Waals surface area contributed by atoms with Crippen molar-refractivity contribution in [2.24, 2.45) is 5.92 Å². The fourth-order valence-electron chi connectivity index (χ4n) is 1.74. The first kappa shape index (κ1) is 12.5. The second-order valence-electron chi connectivity index (χ2n) is 4.08. The topological polar surface area (TPSA) is 50.4 Å². The summed E-state index contributed by atoms with van der Waals surface area (Å²) in [5.74, 6) is 0.553. The lowest BCUT2D eigenvalue weighted by atomic mass is 10.0. The van der Waals surface area contributed by atoms with Crippen LogP contribution in [0.1, 0.15) is 26.7 Å². The number of amides is 1. The molecule has 1 amide bonds. The number of nitrogens with one attached hydrogen (secondary N) is 2. The Bertz CT molecular complexity index is 191. The van der Waals surface area contributed by atoms with Gasteiger partial charge in [0.15, 0.2) is 0 Å². The van der Waals surface area contributed by atoms with Crippen LogP contribution in [-0.4, -0.2) is 38.3 Å². The third-order valence-corrected chi connectivity index (χ3v) is 2.70. The molecule has 1 fully saturated rings. The fraction of sp³-hybridized carbons (Fsp3) is 0.909. The van der Waals surface area contributed by atoms with Crippen LogP contribution in [0, 0.1) is 5.92 Å². The summed E-state index contributed by atoms with van der Waals surface area (Å²) >= 11 is 0. The predicted octanol–water partition coefficient (Wildman–Crippen LogP) is 0.527. The van der Waals surface area contributed by atoms with Crippen molar-refractivity contribution < 1.29 is 9.53 Å². The van der Waals surface area contributed by atoms with E-state index in [-0.39, 0.29) is 12.0 Å². The van der Waals surface area contributed by atoms with Crippen LogP contribution in [0.5, 0.6) is 0 Å². The van der Waals surface area contributed by atoms with E-state index in [0.29, 0.717) is 19.1 Å². The van der Waals surface area contributed by atoms with Gasteiger partial charge in [-0.3, -0.25) is 4.79 Å². The molecule has 1 heterocycles. The molecule has 0 aromatic heterocycles. The minimum absolute atomic E-state index is 0.0127. The molecule has 2 N–H and O–H groups in total. The summed E-state index contributed by atoms with van der Waals surface area (Å²) < 4.78 is 5.54. The molecule has 0 spiro atoms. The summed E-state index contributed by atoms with van der Waals surface area (Å²) in [5, 5.41) is 6.09. The number of rotatable bonds is 5. The van der Waals surface area contributed by atoms with E-state index >= 15 is 0 Å². The number of hydrogen-bond donors (Lipinski definition) is 2. The lowest BCUT2D eigenvalue weighted by Gasteiger charge is -2.24. The highest BCUT2D eigenvalue weighted by molar-refractivity contribution is 5.80. The molecule has 2 atom stereocenters. The van der Waals surface area contributed by atoms with E-state index in [4.69, 9.17) is 4.74 Å². The average molecular weight is 214 g/mol. The first-order chi connectivity index (χ1) is 7.24. The highest BCUT2D eigenvalue weighted by Crippen LogP contribution is 2.10. The quantitative estimate of drug-likeness (QED) is 0.702. The standard InChI is InChI=1S/C11H22N2O2/c1-3-13-11(14)9(2)15-8-10-5-4-6-12-7-10/h9-10,12H,3-8H2,1-2H3,(H,13,14). The largest absolute Gasteiger partial charge is 0.368 e. The molecule has 1 rings (SSSR count). The Morgan fingerprint density at radius 3 is 3.07 bits per heavy atom. The van der Waals surface area contributed by atoms with Crippen molar-refractivity contribution in [1.29, 1.82) is 0 Å². The molecule has 1 aliphatic rings. The second-order valence-corrected chi connectivity index (χ2v) is 4.08. The van der Waals surface area contributed by atoms with Crippen LogP contribution in [-0.2, 0) is 9.53 Å². The van der Waals surface area contributed by atoms with Gasteiger partial charge in [0.2, 0.25) is 5.91 Å². The Morgan fingerprint density at radius 2 is 2.47 bits per heavy atom. The summed E-state index contributed by atoms with van der Waals surface area (Å²) in [6.07, 6.45) is 2.09. The first-order valence-corrected chi connectivity index (χ1v) is 5.84. The number of piperidine rings is 1. The Morgan fingerprint density at radius 1 is 1.67 bits per heavy atom. The third-order valence-electron chi connectivity index (χ3n) is 2.70. The van der Waals surface area contributed by atoms with E-state index in [1.807, 2.05) is 6.92 Å². The molecule has 4 heteroatoms. The van der Waals surface area contributed by atoms with Gasteiger partial charge < -0.3 is 15.4 Å². The Kier molecular flexibility index (Phi) is 5.65. The SMILES string of the molecule is CCNC(=O)C(C)OCC1CCCNC1. The molecule has 15 heavy (non-hydrogen) atoms. The maximum Gasteiger partial charge on any atom is 0.248 e.